The highest BCUT2D eigenvalue weighted by atomic mass is 32.1. The summed E-state index contributed by atoms with van der Waals surface area (Å²) < 4.78 is 40.3. The summed E-state index contributed by atoms with van der Waals surface area (Å²) in [6, 6.07) is 0. The van der Waals surface area contributed by atoms with E-state index in [2.05, 4.69) is 10.1 Å². The number of carbonyl (C=O) groups excluding carboxylic acids is 1. The van der Waals surface area contributed by atoms with E-state index in [1.54, 1.807) is 7.05 Å². The van der Waals surface area contributed by atoms with Gasteiger partial charge < -0.3 is 0 Å². The molecule has 1 aliphatic carbocycles. The zero-order valence-electron chi connectivity index (χ0n) is 12.6. The van der Waals surface area contributed by atoms with Gasteiger partial charge in [0.05, 0.1) is 5.69 Å². The minimum absolute atomic E-state index is 0.215. The number of hydrogen-bond acceptors (Lipinski definition) is 4. The molecule has 0 saturated carbocycles. The number of rotatable bonds is 3. The van der Waals surface area contributed by atoms with Crippen molar-refractivity contribution in [2.75, 3.05) is 11.9 Å². The molecule has 0 fully saturated rings. The molecule has 0 atom stereocenters. The highest BCUT2D eigenvalue weighted by molar-refractivity contribution is 7.14. The summed E-state index contributed by atoms with van der Waals surface area (Å²) in [6.07, 6.45) is -2.95. The van der Waals surface area contributed by atoms with E-state index >= 15 is 0 Å². The number of alkyl halides is 3. The van der Waals surface area contributed by atoms with Crippen molar-refractivity contribution in [1.82, 2.24) is 14.8 Å². The van der Waals surface area contributed by atoms with Gasteiger partial charge in [-0.15, -0.1) is 11.3 Å². The van der Waals surface area contributed by atoms with Crippen LogP contribution >= 0.6 is 11.3 Å². The molecule has 5 nitrogen and oxygen atoms in total. The van der Waals surface area contributed by atoms with Crippen molar-refractivity contribution in [3.05, 3.63) is 28.0 Å². The lowest BCUT2D eigenvalue weighted by Gasteiger charge is -2.14. The first kappa shape index (κ1) is 16.0. The molecule has 23 heavy (non-hydrogen) atoms. The second-order valence-corrected chi connectivity index (χ2v) is 6.34. The molecule has 3 rings (SSSR count). The Morgan fingerprint density at radius 2 is 2.17 bits per heavy atom. The van der Waals surface area contributed by atoms with E-state index in [0.29, 0.717) is 30.1 Å². The lowest BCUT2D eigenvalue weighted by Crippen LogP contribution is -2.31. The number of fused-ring (bicyclic) bond motifs is 1. The molecule has 0 N–H and O–H groups in total. The molecular weight excluding hydrogens is 329 g/mol. The molecule has 124 valence electrons. The van der Waals surface area contributed by atoms with Gasteiger partial charge in [-0.1, -0.05) is 0 Å². The van der Waals surface area contributed by atoms with Crippen LogP contribution in [0.2, 0.25) is 0 Å². The fourth-order valence-electron chi connectivity index (χ4n) is 2.70. The van der Waals surface area contributed by atoms with E-state index in [4.69, 9.17) is 0 Å². The Balaban J connectivity index is 1.84. The maximum Gasteiger partial charge on any atom is 0.435 e. The van der Waals surface area contributed by atoms with E-state index in [9.17, 15) is 18.0 Å². The van der Waals surface area contributed by atoms with Gasteiger partial charge in [-0.05, 0) is 26.2 Å². The van der Waals surface area contributed by atoms with Crippen LogP contribution in [-0.2, 0) is 30.4 Å². The second kappa shape index (κ2) is 5.63. The van der Waals surface area contributed by atoms with Gasteiger partial charge in [0.25, 0.3) is 0 Å². The van der Waals surface area contributed by atoms with Crippen molar-refractivity contribution in [1.29, 1.82) is 0 Å². The van der Waals surface area contributed by atoms with Gasteiger partial charge in [-0.25, -0.2) is 4.98 Å². The minimum Gasteiger partial charge on any atom is -0.290 e. The third-order valence-corrected chi connectivity index (χ3v) is 4.86. The Bertz CT molecular complexity index is 750. The van der Waals surface area contributed by atoms with E-state index in [-0.39, 0.29) is 18.0 Å². The van der Waals surface area contributed by atoms with Crippen LogP contribution in [0.5, 0.6) is 0 Å². The molecule has 2 aromatic rings. The minimum atomic E-state index is -4.49. The number of amides is 1. The lowest BCUT2D eigenvalue weighted by molar-refractivity contribution is -0.142. The number of aryl methyl sites for hydroxylation is 1. The monoisotopic (exact) mass is 344 g/mol. The summed E-state index contributed by atoms with van der Waals surface area (Å²) in [5.74, 6) is -0.342. The first-order valence-electron chi connectivity index (χ1n) is 7.12. The van der Waals surface area contributed by atoms with Crippen molar-refractivity contribution in [2.24, 2.45) is 0 Å². The Morgan fingerprint density at radius 3 is 2.78 bits per heavy atom. The number of anilines is 1. The lowest BCUT2D eigenvalue weighted by atomic mass is 10.2. The molecule has 9 heteroatoms. The molecule has 2 heterocycles. The van der Waals surface area contributed by atoms with Gasteiger partial charge in [0.2, 0.25) is 5.91 Å². The van der Waals surface area contributed by atoms with Gasteiger partial charge in [-0.3, -0.25) is 14.4 Å². The quantitative estimate of drug-likeness (QED) is 0.860. The molecular formula is C14H15F3N4OS. The van der Waals surface area contributed by atoms with Gasteiger partial charge in [0.1, 0.15) is 6.54 Å². The first-order valence-corrected chi connectivity index (χ1v) is 7.99. The zero-order chi connectivity index (χ0) is 16.8. The molecule has 1 amide bonds. The van der Waals surface area contributed by atoms with E-state index in [0.717, 1.165) is 5.69 Å². The molecule has 0 unspecified atom stereocenters. The number of halogens is 3. The third kappa shape index (κ3) is 2.97. The molecule has 0 spiro atoms. The first-order chi connectivity index (χ1) is 10.8. The number of nitrogens with zero attached hydrogens (tertiary/aromatic N) is 4. The van der Waals surface area contributed by atoms with Crippen LogP contribution in [0, 0.1) is 6.92 Å². The van der Waals surface area contributed by atoms with Crippen molar-refractivity contribution in [3.63, 3.8) is 0 Å². The summed E-state index contributed by atoms with van der Waals surface area (Å²) in [5.41, 5.74) is 0.696. The van der Waals surface area contributed by atoms with Crippen molar-refractivity contribution in [2.45, 2.75) is 38.9 Å². The van der Waals surface area contributed by atoms with Crippen LogP contribution in [0.15, 0.2) is 5.38 Å². The number of aromatic nitrogens is 3. The van der Waals surface area contributed by atoms with Gasteiger partial charge >= 0.3 is 6.18 Å². The predicted octanol–water partition coefficient (Wildman–Crippen LogP) is 2.82. The maximum absolute atomic E-state index is 13.0. The zero-order valence-corrected chi connectivity index (χ0v) is 13.5. The fraction of sp³-hybridized carbons (Fsp3) is 0.500. The van der Waals surface area contributed by atoms with Crippen LogP contribution < -0.4 is 4.90 Å². The number of thiazole rings is 1. The smallest absolute Gasteiger partial charge is 0.290 e. The van der Waals surface area contributed by atoms with Gasteiger partial charge in [-0.2, -0.15) is 18.3 Å². The fourth-order valence-corrected chi connectivity index (χ4v) is 3.49. The van der Waals surface area contributed by atoms with Gasteiger partial charge in [0, 0.05) is 23.7 Å². The molecule has 0 radical (unpaired) electrons. The van der Waals surface area contributed by atoms with Crippen LogP contribution in [0.1, 0.15) is 29.1 Å². The van der Waals surface area contributed by atoms with E-state index in [1.807, 2.05) is 12.3 Å². The normalized spacial score (nSPS) is 14.1. The average molecular weight is 344 g/mol. The molecule has 2 aromatic heterocycles. The molecule has 0 aliphatic heterocycles. The summed E-state index contributed by atoms with van der Waals surface area (Å²) in [4.78, 5) is 17.9. The standard InChI is InChI=1S/C14H15F3N4OS/c1-8-7-23-13(18-8)20(2)11(22)6-21-10-5-3-4-9(10)12(19-21)14(15,16)17/h7H,3-6H2,1-2H3. The Labute approximate surface area is 134 Å². The number of hydrogen-bond donors (Lipinski definition) is 0. The Morgan fingerprint density at radius 1 is 1.43 bits per heavy atom. The predicted molar refractivity (Wildman–Crippen MR) is 79.5 cm³/mol. The van der Waals surface area contributed by atoms with Crippen molar-refractivity contribution < 1.29 is 18.0 Å². The summed E-state index contributed by atoms with van der Waals surface area (Å²) >= 11 is 1.32. The highest BCUT2D eigenvalue weighted by Crippen LogP contribution is 2.36. The number of likely N-dealkylation sites (N-methyl/N-ethyl adjacent to an activating group) is 1. The van der Waals surface area contributed by atoms with Crippen LogP contribution in [-0.4, -0.2) is 27.7 Å². The van der Waals surface area contributed by atoms with Crippen LogP contribution in [0.4, 0.5) is 18.3 Å². The van der Waals surface area contributed by atoms with Crippen molar-refractivity contribution in [3.8, 4) is 0 Å². The highest BCUT2D eigenvalue weighted by Gasteiger charge is 2.40. The molecule has 0 aromatic carbocycles. The molecule has 1 aliphatic rings. The topological polar surface area (TPSA) is 51.0 Å². The average Bonchev–Trinajstić information content (AvgIpc) is 3.14. The van der Waals surface area contributed by atoms with E-state index < -0.39 is 11.9 Å². The van der Waals surface area contributed by atoms with E-state index in [1.165, 1.54) is 20.9 Å². The largest absolute Gasteiger partial charge is 0.435 e. The van der Waals surface area contributed by atoms with Crippen molar-refractivity contribution >= 4 is 22.4 Å². The SMILES string of the molecule is Cc1csc(N(C)C(=O)Cn2nc(C(F)(F)F)c3c2CCC3)n1. The Kier molecular flexibility index (Phi) is 3.91. The second-order valence-electron chi connectivity index (χ2n) is 5.51. The molecule has 0 saturated heterocycles. The van der Waals surface area contributed by atoms with Gasteiger partial charge in [0.15, 0.2) is 10.8 Å². The van der Waals surface area contributed by atoms with Crippen LogP contribution in [0.3, 0.4) is 0 Å². The van der Waals surface area contributed by atoms with Crippen LogP contribution in [0.25, 0.3) is 0 Å². The number of carbonyl (C=O) groups is 1. The Hall–Kier alpha value is -1.90. The maximum atomic E-state index is 13.0. The summed E-state index contributed by atoms with van der Waals surface area (Å²) in [7, 11) is 1.56. The summed E-state index contributed by atoms with van der Waals surface area (Å²) in [5, 5.41) is 5.98. The summed E-state index contributed by atoms with van der Waals surface area (Å²) in [6.45, 7) is 1.60. The third-order valence-electron chi connectivity index (χ3n) is 3.83. The molecule has 0 bridgehead atoms.